The second-order valence-electron chi connectivity index (χ2n) is 22.1. The molecule has 5 aromatic carbocycles. The summed E-state index contributed by atoms with van der Waals surface area (Å²) in [4.78, 5) is 25.8. The monoisotopic (exact) mass is 1050 g/mol. The third-order valence-corrected chi connectivity index (χ3v) is 12.9. The van der Waals surface area contributed by atoms with E-state index in [9.17, 15) is 0 Å². The van der Waals surface area contributed by atoms with Gasteiger partial charge >= 0.3 is 0 Å². The van der Waals surface area contributed by atoms with Crippen LogP contribution in [0.25, 0.3) is 61.8 Å². The first-order chi connectivity index (χ1) is 30.5. The van der Waals surface area contributed by atoms with Crippen LogP contribution in [0.1, 0.15) is 116 Å². The fourth-order valence-corrected chi connectivity index (χ4v) is 9.03. The molecule has 0 bridgehead atoms. The molecule has 4 heterocycles. The summed E-state index contributed by atoms with van der Waals surface area (Å²) in [6.45, 7) is 33.6. The second-order valence-corrected chi connectivity index (χ2v) is 22.1. The maximum Gasteiger partial charge on any atom is 0.144 e. The number of hydrogen-bond acceptors (Lipinski definition) is 6. The van der Waals surface area contributed by atoms with E-state index in [0.717, 1.165) is 66.9 Å². The number of para-hydroxylation sites is 1. The van der Waals surface area contributed by atoms with Crippen molar-refractivity contribution in [1.29, 1.82) is 0 Å². The number of aryl methyl sites for hydroxylation is 2. The van der Waals surface area contributed by atoms with Gasteiger partial charge in [0.25, 0.3) is 0 Å². The molecule has 0 saturated carbocycles. The molecule has 0 saturated heterocycles. The summed E-state index contributed by atoms with van der Waals surface area (Å²) < 4.78 is 2.23. The van der Waals surface area contributed by atoms with Gasteiger partial charge in [-0.25, -0.2) is 4.98 Å². The number of anilines is 3. The molecule has 3 aromatic heterocycles. The van der Waals surface area contributed by atoms with E-state index in [-0.39, 0.29) is 42.7 Å². The van der Waals surface area contributed by atoms with E-state index >= 15 is 0 Å². The SMILES string of the molecule is Cc1cc2c(cc1C)N(c1[c-]c(-c3nc(-c4[c-]c5c(cc4)c4ccccc4n5-c4cc(C(C)(C)C)ccn4)nc(-c4c(C(C)(C)C)cccc4C(C)(C)C)n3)cc(C(C)(C)C)c1)[CH-]N2C.[Pt]. The number of nitrogens with zero attached hydrogens (tertiary/aromatic N) is 7. The van der Waals surface area contributed by atoms with Crippen molar-refractivity contribution in [3.63, 3.8) is 0 Å². The second kappa shape index (κ2) is 16.6. The van der Waals surface area contributed by atoms with E-state index in [1.54, 1.807) is 0 Å². The van der Waals surface area contributed by atoms with Crippen molar-refractivity contribution in [2.75, 3.05) is 16.8 Å². The summed E-state index contributed by atoms with van der Waals surface area (Å²) >= 11 is 0. The van der Waals surface area contributed by atoms with Crippen LogP contribution in [-0.4, -0.2) is 31.6 Å². The fourth-order valence-electron chi connectivity index (χ4n) is 9.03. The van der Waals surface area contributed by atoms with Crippen molar-refractivity contribution in [2.24, 2.45) is 0 Å². The third-order valence-electron chi connectivity index (χ3n) is 12.9. The summed E-state index contributed by atoms with van der Waals surface area (Å²) in [7, 11) is 2.11. The van der Waals surface area contributed by atoms with Crippen LogP contribution in [-0.2, 0) is 42.7 Å². The summed E-state index contributed by atoms with van der Waals surface area (Å²) in [5.41, 5.74) is 14.4. The Kier molecular flexibility index (Phi) is 11.8. The molecule has 7 nitrogen and oxygen atoms in total. The molecule has 0 N–H and O–H groups in total. The molecular formula is C58H62N7Pt-3. The maximum absolute atomic E-state index is 5.50. The van der Waals surface area contributed by atoms with Gasteiger partial charge in [0, 0.05) is 49.7 Å². The molecule has 0 fully saturated rings. The Morgan fingerprint density at radius 2 is 1.15 bits per heavy atom. The summed E-state index contributed by atoms with van der Waals surface area (Å²) in [5.74, 6) is 2.58. The first kappa shape index (κ1) is 46.9. The van der Waals surface area contributed by atoms with Crippen molar-refractivity contribution in [2.45, 2.75) is 119 Å². The van der Waals surface area contributed by atoms with E-state index < -0.39 is 0 Å². The molecular weight excluding hydrogens is 990 g/mol. The molecule has 9 rings (SSSR count). The minimum absolute atomic E-state index is 0. The van der Waals surface area contributed by atoms with Crippen LogP contribution in [0.4, 0.5) is 17.1 Å². The molecule has 0 atom stereocenters. The first-order valence-electron chi connectivity index (χ1n) is 22.9. The molecule has 0 aliphatic carbocycles. The normalized spacial score (nSPS) is 13.4. The molecule has 0 unspecified atom stereocenters. The van der Waals surface area contributed by atoms with Gasteiger partial charge in [-0.15, -0.1) is 53.1 Å². The smallest absolute Gasteiger partial charge is 0.144 e. The third kappa shape index (κ3) is 8.49. The molecule has 8 aromatic rings. The van der Waals surface area contributed by atoms with Gasteiger partial charge in [0.1, 0.15) is 11.6 Å². The Hall–Kier alpha value is -5.65. The number of hydrogen-bond donors (Lipinski definition) is 0. The van der Waals surface area contributed by atoms with E-state index in [4.69, 9.17) is 19.9 Å². The zero-order valence-electron chi connectivity index (χ0n) is 41.3. The average molecular weight is 1050 g/mol. The zero-order chi connectivity index (χ0) is 46.5. The van der Waals surface area contributed by atoms with E-state index in [1.807, 2.05) is 6.20 Å². The number of rotatable bonds is 5. The van der Waals surface area contributed by atoms with Crippen molar-refractivity contribution in [3.8, 4) is 40.0 Å². The van der Waals surface area contributed by atoms with Gasteiger partial charge in [-0.2, -0.15) is 6.67 Å². The fraction of sp³-hybridized carbons (Fsp3) is 0.328. The molecule has 0 radical (unpaired) electrons. The molecule has 8 heteroatoms. The van der Waals surface area contributed by atoms with Crippen LogP contribution in [0, 0.1) is 32.6 Å². The van der Waals surface area contributed by atoms with Crippen LogP contribution in [0.5, 0.6) is 0 Å². The van der Waals surface area contributed by atoms with E-state index in [0.29, 0.717) is 17.5 Å². The number of pyridine rings is 1. The van der Waals surface area contributed by atoms with E-state index in [2.05, 4.69) is 228 Å². The molecule has 0 spiro atoms. The van der Waals surface area contributed by atoms with Crippen LogP contribution in [0.2, 0.25) is 0 Å². The Morgan fingerprint density at radius 1 is 0.545 bits per heavy atom. The minimum atomic E-state index is -0.197. The minimum Gasteiger partial charge on any atom is -0.504 e. The predicted molar refractivity (Wildman–Crippen MR) is 271 cm³/mol. The molecule has 342 valence electrons. The van der Waals surface area contributed by atoms with Gasteiger partial charge < -0.3 is 19.4 Å². The van der Waals surface area contributed by atoms with E-state index in [1.165, 1.54) is 27.8 Å². The molecule has 0 amide bonds. The predicted octanol–water partition coefficient (Wildman–Crippen LogP) is 14.5. The quantitative estimate of drug-likeness (QED) is 0.160. The number of fused-ring (bicyclic) bond motifs is 4. The van der Waals surface area contributed by atoms with Crippen molar-refractivity contribution in [3.05, 3.63) is 149 Å². The van der Waals surface area contributed by atoms with Gasteiger partial charge in [-0.05, 0) is 112 Å². The molecule has 1 aliphatic rings. The van der Waals surface area contributed by atoms with Crippen molar-refractivity contribution < 1.29 is 21.1 Å². The molecule has 66 heavy (non-hydrogen) atoms. The van der Waals surface area contributed by atoms with Gasteiger partial charge in [0.2, 0.25) is 0 Å². The Balaban J connectivity index is 0.00000592. The number of aromatic nitrogens is 5. The first-order valence-corrected chi connectivity index (χ1v) is 22.9. The van der Waals surface area contributed by atoms with Crippen molar-refractivity contribution >= 4 is 38.9 Å². The Labute approximate surface area is 407 Å². The van der Waals surface area contributed by atoms with Crippen molar-refractivity contribution in [1.82, 2.24) is 24.5 Å². The zero-order valence-corrected chi connectivity index (χ0v) is 43.5. The topological polar surface area (TPSA) is 63.0 Å². The maximum atomic E-state index is 5.50. The largest absolute Gasteiger partial charge is 0.504 e. The Bertz CT molecular complexity index is 3140. The Morgan fingerprint density at radius 3 is 1.79 bits per heavy atom. The van der Waals surface area contributed by atoms with Crippen LogP contribution in [0.15, 0.2) is 97.2 Å². The standard InChI is InChI=1S/C58H62N7.Pt/c1-35-27-48-49(28-36(35)2)64(34-63(48)15)41-30-38(29-40(32-41)56(6,7)8)53-60-52(61-54(62-53)51-44(57(9,10)11)20-18-21-45(51)58(12,13)14)37-23-24-43-42-19-16-17-22-46(42)65(47(43)31-37)50-33-39(25-26-59-50)55(3,4)5;/h16-29,32-34H,1-15H3;/q-3;. The van der Waals surface area contributed by atoms with Gasteiger partial charge in [0.05, 0.1) is 11.6 Å². The number of benzene rings is 5. The van der Waals surface area contributed by atoms with Gasteiger partial charge in [0.15, 0.2) is 0 Å². The van der Waals surface area contributed by atoms with Crippen LogP contribution >= 0.6 is 0 Å². The average Bonchev–Trinajstić information content (AvgIpc) is 3.75. The summed E-state index contributed by atoms with van der Waals surface area (Å²) in [6, 6.07) is 40.5. The van der Waals surface area contributed by atoms with Gasteiger partial charge in [-0.3, -0.25) is 9.97 Å². The van der Waals surface area contributed by atoms with Crippen LogP contribution < -0.4 is 9.80 Å². The summed E-state index contributed by atoms with van der Waals surface area (Å²) in [5, 5.41) is 2.22. The molecule has 1 aliphatic heterocycles. The van der Waals surface area contributed by atoms with Gasteiger partial charge in [-0.1, -0.05) is 131 Å². The van der Waals surface area contributed by atoms with Crippen LogP contribution in [0.3, 0.4) is 0 Å². The summed E-state index contributed by atoms with van der Waals surface area (Å²) in [6.07, 6.45) is 1.92.